The molecule has 2 saturated heterocycles. The summed E-state index contributed by atoms with van der Waals surface area (Å²) in [7, 11) is 2.29. The Balaban J connectivity index is 1.83. The molecule has 1 N–H and O–H groups in total. The van der Waals surface area contributed by atoms with Crippen molar-refractivity contribution in [3.63, 3.8) is 0 Å². The van der Waals surface area contributed by atoms with Gasteiger partial charge in [0.15, 0.2) is 0 Å². The van der Waals surface area contributed by atoms with Crippen LogP contribution < -0.4 is 0 Å². The van der Waals surface area contributed by atoms with Crippen molar-refractivity contribution in [3.8, 4) is 0 Å². The van der Waals surface area contributed by atoms with Crippen molar-refractivity contribution in [2.24, 2.45) is 0 Å². The lowest BCUT2D eigenvalue weighted by molar-refractivity contribution is 0.0973. The normalized spacial score (nSPS) is 31.9. The van der Waals surface area contributed by atoms with E-state index in [0.717, 1.165) is 12.5 Å². The van der Waals surface area contributed by atoms with E-state index in [1.165, 1.54) is 71.0 Å². The molecule has 0 aromatic heterocycles. The van der Waals surface area contributed by atoms with Crippen LogP contribution in [0.3, 0.4) is 0 Å². The van der Waals surface area contributed by atoms with Gasteiger partial charge in [-0.2, -0.15) is 0 Å². The summed E-state index contributed by atoms with van der Waals surface area (Å²) in [5.74, 6) is 0. The van der Waals surface area contributed by atoms with E-state index in [9.17, 15) is 5.11 Å². The average Bonchev–Trinajstić information content (AvgIpc) is 2.63. The van der Waals surface area contributed by atoms with Gasteiger partial charge >= 0.3 is 0 Å². The topological polar surface area (TPSA) is 26.7 Å². The van der Waals surface area contributed by atoms with Gasteiger partial charge in [-0.3, -0.25) is 0 Å². The van der Waals surface area contributed by atoms with E-state index < -0.39 is 0 Å². The minimum atomic E-state index is -0.155. The summed E-state index contributed by atoms with van der Waals surface area (Å²) < 4.78 is 0. The second kappa shape index (κ2) is 8.35. The number of hydrogen-bond donors (Lipinski definition) is 1. The number of likely N-dealkylation sites (tertiary alicyclic amines) is 2. The standard InChI is InChI=1S/C17H34N2O/c1-15(20)14-17-9-4-3-6-12-19(17)13-10-16-8-5-7-11-18(16)2/h15-17,20H,3-14H2,1-2H3. The van der Waals surface area contributed by atoms with E-state index >= 15 is 0 Å². The second-order valence-corrected chi connectivity index (χ2v) is 7.04. The number of nitrogens with zero attached hydrogens (tertiary/aromatic N) is 2. The maximum atomic E-state index is 9.74. The highest BCUT2D eigenvalue weighted by molar-refractivity contribution is 4.80. The van der Waals surface area contributed by atoms with Crippen molar-refractivity contribution in [1.82, 2.24) is 9.80 Å². The van der Waals surface area contributed by atoms with Crippen molar-refractivity contribution in [2.75, 3.05) is 26.7 Å². The molecule has 0 aliphatic carbocycles. The number of hydrogen-bond acceptors (Lipinski definition) is 3. The number of piperidine rings is 1. The molecule has 2 aliphatic heterocycles. The van der Waals surface area contributed by atoms with Crippen LogP contribution in [0.5, 0.6) is 0 Å². The van der Waals surface area contributed by atoms with Gasteiger partial charge in [0.2, 0.25) is 0 Å². The summed E-state index contributed by atoms with van der Waals surface area (Å²) >= 11 is 0. The second-order valence-electron chi connectivity index (χ2n) is 7.04. The molecule has 0 saturated carbocycles. The predicted molar refractivity (Wildman–Crippen MR) is 85.0 cm³/mol. The molecule has 2 fully saturated rings. The first-order chi connectivity index (χ1) is 9.66. The molecule has 118 valence electrons. The van der Waals surface area contributed by atoms with E-state index in [0.29, 0.717) is 6.04 Å². The summed E-state index contributed by atoms with van der Waals surface area (Å²) in [6.45, 7) is 5.69. The lowest BCUT2D eigenvalue weighted by Gasteiger charge is -2.36. The van der Waals surface area contributed by atoms with Crippen LogP contribution in [0.25, 0.3) is 0 Å². The highest BCUT2D eigenvalue weighted by atomic mass is 16.3. The minimum Gasteiger partial charge on any atom is -0.393 e. The third kappa shape index (κ3) is 5.01. The van der Waals surface area contributed by atoms with Gasteiger partial charge < -0.3 is 14.9 Å². The van der Waals surface area contributed by atoms with Crippen LogP contribution in [-0.4, -0.2) is 59.8 Å². The van der Waals surface area contributed by atoms with Gasteiger partial charge in [-0.1, -0.05) is 19.3 Å². The quantitative estimate of drug-likeness (QED) is 0.840. The summed E-state index contributed by atoms with van der Waals surface area (Å²) in [5, 5.41) is 9.74. The van der Waals surface area contributed by atoms with E-state index in [1.807, 2.05) is 6.92 Å². The molecular weight excluding hydrogens is 248 g/mol. The molecule has 3 heteroatoms. The van der Waals surface area contributed by atoms with E-state index in [-0.39, 0.29) is 6.10 Å². The van der Waals surface area contributed by atoms with Gasteiger partial charge in [0, 0.05) is 12.1 Å². The van der Waals surface area contributed by atoms with Crippen molar-refractivity contribution >= 4 is 0 Å². The zero-order valence-electron chi connectivity index (χ0n) is 13.6. The minimum absolute atomic E-state index is 0.155. The maximum absolute atomic E-state index is 9.74. The molecule has 0 spiro atoms. The van der Waals surface area contributed by atoms with Gasteiger partial charge in [0.25, 0.3) is 0 Å². The van der Waals surface area contributed by atoms with Crippen molar-refractivity contribution in [3.05, 3.63) is 0 Å². The molecule has 0 aromatic rings. The first-order valence-corrected chi connectivity index (χ1v) is 8.79. The Labute approximate surface area is 125 Å². The first kappa shape index (κ1) is 16.3. The van der Waals surface area contributed by atoms with Crippen LogP contribution in [0.4, 0.5) is 0 Å². The lowest BCUT2D eigenvalue weighted by Crippen LogP contribution is -2.42. The Morgan fingerprint density at radius 2 is 1.70 bits per heavy atom. The first-order valence-electron chi connectivity index (χ1n) is 8.79. The third-order valence-electron chi connectivity index (χ3n) is 5.28. The predicted octanol–water partition coefficient (Wildman–Crippen LogP) is 2.88. The molecule has 2 rings (SSSR count). The number of aliphatic hydroxyl groups excluding tert-OH is 1. The van der Waals surface area contributed by atoms with Crippen LogP contribution in [0.15, 0.2) is 0 Å². The van der Waals surface area contributed by atoms with Gasteiger partial charge in [0.1, 0.15) is 0 Å². The highest BCUT2D eigenvalue weighted by Crippen LogP contribution is 2.23. The van der Waals surface area contributed by atoms with Crippen LogP contribution in [0.1, 0.15) is 64.7 Å². The molecule has 0 radical (unpaired) electrons. The van der Waals surface area contributed by atoms with E-state index in [1.54, 1.807) is 0 Å². The monoisotopic (exact) mass is 282 g/mol. The molecule has 3 nitrogen and oxygen atoms in total. The number of aliphatic hydroxyl groups is 1. The summed E-state index contributed by atoms with van der Waals surface area (Å²) in [6, 6.07) is 1.41. The van der Waals surface area contributed by atoms with Gasteiger partial charge in [-0.05, 0) is 72.1 Å². The lowest BCUT2D eigenvalue weighted by atomic mass is 9.98. The van der Waals surface area contributed by atoms with Crippen molar-refractivity contribution in [1.29, 1.82) is 0 Å². The fraction of sp³-hybridized carbons (Fsp3) is 1.00. The Bertz CT molecular complexity index is 270. The van der Waals surface area contributed by atoms with Crippen molar-refractivity contribution < 1.29 is 5.11 Å². The van der Waals surface area contributed by atoms with E-state index in [4.69, 9.17) is 0 Å². The molecule has 0 amide bonds. The zero-order valence-corrected chi connectivity index (χ0v) is 13.6. The van der Waals surface area contributed by atoms with Crippen LogP contribution in [0, 0.1) is 0 Å². The third-order valence-corrected chi connectivity index (χ3v) is 5.28. The van der Waals surface area contributed by atoms with Crippen LogP contribution in [0.2, 0.25) is 0 Å². The smallest absolute Gasteiger partial charge is 0.0527 e. The highest BCUT2D eigenvalue weighted by Gasteiger charge is 2.24. The van der Waals surface area contributed by atoms with Gasteiger partial charge in [0.05, 0.1) is 6.10 Å². The Hall–Kier alpha value is -0.120. The SMILES string of the molecule is CC(O)CC1CCCCCN1CCC1CCCCN1C. The van der Waals surface area contributed by atoms with Crippen molar-refractivity contribution in [2.45, 2.75) is 82.9 Å². The number of rotatable bonds is 5. The molecule has 3 atom stereocenters. The summed E-state index contributed by atoms with van der Waals surface area (Å²) in [4.78, 5) is 5.24. The zero-order chi connectivity index (χ0) is 14.4. The van der Waals surface area contributed by atoms with Gasteiger partial charge in [-0.25, -0.2) is 0 Å². The van der Waals surface area contributed by atoms with Crippen LogP contribution in [-0.2, 0) is 0 Å². The molecule has 0 bridgehead atoms. The molecule has 2 aliphatic rings. The molecule has 20 heavy (non-hydrogen) atoms. The van der Waals surface area contributed by atoms with E-state index in [2.05, 4.69) is 16.8 Å². The molecule has 2 heterocycles. The molecular formula is C17H34N2O. The molecule has 3 unspecified atom stereocenters. The van der Waals surface area contributed by atoms with Crippen LogP contribution >= 0.6 is 0 Å². The maximum Gasteiger partial charge on any atom is 0.0527 e. The fourth-order valence-corrected chi connectivity index (χ4v) is 4.02. The fourth-order valence-electron chi connectivity index (χ4n) is 4.02. The Kier molecular flexibility index (Phi) is 6.79. The average molecular weight is 282 g/mol. The summed E-state index contributed by atoms with van der Waals surface area (Å²) in [5.41, 5.74) is 0. The Morgan fingerprint density at radius 1 is 1.00 bits per heavy atom. The molecule has 0 aromatic carbocycles. The largest absolute Gasteiger partial charge is 0.393 e. The summed E-state index contributed by atoms with van der Waals surface area (Å²) in [6.07, 6.45) is 11.6. The Morgan fingerprint density at radius 3 is 2.45 bits per heavy atom. The van der Waals surface area contributed by atoms with Gasteiger partial charge in [-0.15, -0.1) is 0 Å².